The van der Waals surface area contributed by atoms with Crippen molar-refractivity contribution in [1.82, 2.24) is 20.3 Å². The summed E-state index contributed by atoms with van der Waals surface area (Å²) in [6, 6.07) is 19.9. The van der Waals surface area contributed by atoms with Gasteiger partial charge in [0, 0.05) is 5.56 Å². The van der Waals surface area contributed by atoms with Gasteiger partial charge in [-0.15, -0.1) is 10.2 Å². The number of halogens is 1. The average Bonchev–Trinajstić information content (AvgIpc) is 3.18. The molecule has 0 bridgehead atoms. The zero-order chi connectivity index (χ0) is 21.8. The van der Waals surface area contributed by atoms with Gasteiger partial charge in [0.1, 0.15) is 16.8 Å². The normalized spacial score (nSPS) is 10.6. The van der Waals surface area contributed by atoms with Crippen LogP contribution in [0.1, 0.15) is 17.3 Å². The van der Waals surface area contributed by atoms with Gasteiger partial charge in [0.15, 0.2) is 5.11 Å². The summed E-state index contributed by atoms with van der Waals surface area (Å²) in [7, 11) is 0. The van der Waals surface area contributed by atoms with Crippen molar-refractivity contribution in [3.05, 3.63) is 77.3 Å². The molecule has 0 atom stereocenters. The lowest BCUT2D eigenvalue weighted by atomic mass is 10.2. The van der Waals surface area contributed by atoms with Gasteiger partial charge in [-0.1, -0.05) is 35.9 Å². The van der Waals surface area contributed by atoms with Crippen molar-refractivity contribution in [2.75, 3.05) is 11.9 Å². The molecule has 0 aliphatic rings. The van der Waals surface area contributed by atoms with E-state index in [1.807, 2.05) is 37.3 Å². The van der Waals surface area contributed by atoms with Crippen LogP contribution in [0.3, 0.4) is 0 Å². The van der Waals surface area contributed by atoms with E-state index in [4.69, 9.17) is 28.6 Å². The molecule has 0 saturated heterocycles. The monoisotopic (exact) mass is 451 g/mol. The fourth-order valence-corrected chi connectivity index (χ4v) is 3.34. The topological polar surface area (TPSA) is 81.1 Å². The third-order valence-electron chi connectivity index (χ3n) is 4.34. The van der Waals surface area contributed by atoms with Crippen molar-refractivity contribution < 1.29 is 9.53 Å². The molecular weight excluding hydrogens is 434 g/mol. The molecule has 7 nitrogen and oxygen atoms in total. The van der Waals surface area contributed by atoms with Gasteiger partial charge in [0.25, 0.3) is 5.91 Å². The van der Waals surface area contributed by atoms with Crippen molar-refractivity contribution in [2.45, 2.75) is 6.92 Å². The number of amides is 1. The molecule has 0 radical (unpaired) electrons. The summed E-state index contributed by atoms with van der Waals surface area (Å²) in [6.45, 7) is 2.39. The highest BCUT2D eigenvalue weighted by molar-refractivity contribution is 7.80. The van der Waals surface area contributed by atoms with Crippen molar-refractivity contribution in [2.24, 2.45) is 0 Å². The maximum absolute atomic E-state index is 12.5. The number of carbonyl (C=O) groups excluding carboxylic acids is 1. The molecule has 0 aliphatic carbocycles. The van der Waals surface area contributed by atoms with Gasteiger partial charge in [-0.3, -0.25) is 10.1 Å². The van der Waals surface area contributed by atoms with Crippen LogP contribution in [0.15, 0.2) is 66.7 Å². The molecule has 9 heteroatoms. The fourth-order valence-electron chi connectivity index (χ4n) is 2.93. The van der Waals surface area contributed by atoms with Gasteiger partial charge in [0.05, 0.1) is 23.0 Å². The highest BCUT2D eigenvalue weighted by Gasteiger charge is 2.13. The number of nitrogens with one attached hydrogen (secondary N) is 2. The number of hydrogen-bond donors (Lipinski definition) is 2. The molecule has 1 aromatic heterocycles. The largest absolute Gasteiger partial charge is 0.494 e. The van der Waals surface area contributed by atoms with E-state index in [0.29, 0.717) is 39.7 Å². The average molecular weight is 452 g/mol. The van der Waals surface area contributed by atoms with Gasteiger partial charge in [0.2, 0.25) is 0 Å². The molecule has 3 aromatic carbocycles. The number of para-hydroxylation sites is 1. The number of benzene rings is 3. The first-order valence-corrected chi connectivity index (χ1v) is 10.3. The molecule has 31 heavy (non-hydrogen) atoms. The maximum Gasteiger partial charge on any atom is 0.257 e. The van der Waals surface area contributed by atoms with Crippen LogP contribution >= 0.6 is 23.8 Å². The van der Waals surface area contributed by atoms with E-state index in [9.17, 15) is 4.79 Å². The molecule has 2 N–H and O–H groups in total. The Bertz CT molecular complexity index is 1260. The molecule has 0 aliphatic heterocycles. The first-order valence-electron chi connectivity index (χ1n) is 9.50. The molecule has 1 amide bonds. The van der Waals surface area contributed by atoms with E-state index >= 15 is 0 Å². The second kappa shape index (κ2) is 9.11. The number of ether oxygens (including phenoxy) is 1. The minimum absolute atomic E-state index is 0.114. The Hall–Kier alpha value is -3.49. The molecule has 4 rings (SSSR count). The van der Waals surface area contributed by atoms with Crippen molar-refractivity contribution in [1.29, 1.82) is 0 Å². The van der Waals surface area contributed by atoms with Crippen LogP contribution in [0, 0.1) is 0 Å². The van der Waals surface area contributed by atoms with Crippen LogP contribution in [-0.2, 0) is 0 Å². The minimum atomic E-state index is -0.355. The molecule has 0 fully saturated rings. The lowest BCUT2D eigenvalue weighted by Gasteiger charge is -2.11. The van der Waals surface area contributed by atoms with Crippen molar-refractivity contribution in [3.8, 4) is 11.4 Å². The summed E-state index contributed by atoms with van der Waals surface area (Å²) < 4.78 is 5.43. The first-order chi connectivity index (χ1) is 15.0. The van der Waals surface area contributed by atoms with Gasteiger partial charge in [-0.05, 0) is 61.6 Å². The Morgan fingerprint density at radius 2 is 1.81 bits per heavy atom. The summed E-state index contributed by atoms with van der Waals surface area (Å²) in [4.78, 5) is 14.0. The predicted octanol–water partition coefficient (Wildman–Crippen LogP) is 4.60. The second-order valence-electron chi connectivity index (χ2n) is 6.51. The lowest BCUT2D eigenvalue weighted by molar-refractivity contribution is 0.0977. The Morgan fingerprint density at radius 3 is 2.55 bits per heavy atom. The Balaban J connectivity index is 1.50. The highest BCUT2D eigenvalue weighted by Crippen LogP contribution is 2.27. The molecule has 4 aromatic rings. The van der Waals surface area contributed by atoms with Crippen LogP contribution in [0.2, 0.25) is 5.02 Å². The zero-order valence-corrected chi connectivity index (χ0v) is 18.1. The number of hydrogen-bond acceptors (Lipinski definition) is 5. The van der Waals surface area contributed by atoms with Gasteiger partial charge in [-0.2, -0.15) is 4.80 Å². The van der Waals surface area contributed by atoms with Crippen LogP contribution in [0.4, 0.5) is 5.69 Å². The van der Waals surface area contributed by atoms with Crippen LogP contribution in [0.5, 0.6) is 5.75 Å². The predicted molar refractivity (Wildman–Crippen MR) is 125 cm³/mol. The van der Waals surface area contributed by atoms with E-state index in [0.717, 1.165) is 5.69 Å². The van der Waals surface area contributed by atoms with Crippen LogP contribution in [-0.4, -0.2) is 32.6 Å². The van der Waals surface area contributed by atoms with E-state index in [2.05, 4.69) is 20.8 Å². The summed E-state index contributed by atoms with van der Waals surface area (Å²) in [5.41, 5.74) is 3.06. The second-order valence-corrected chi connectivity index (χ2v) is 7.33. The standard InChI is InChI=1S/C22H18ClN5O2S/c1-2-30-16-10-6-7-14(11-16)21(29)25-22(31)24-18-13-20-19(12-17(18)23)26-28(27-20)15-8-4-3-5-9-15/h3-13H,2H2,1H3,(H2,24,25,29,31). The summed E-state index contributed by atoms with van der Waals surface area (Å²) in [5, 5.41) is 15.1. The number of fused-ring (bicyclic) bond motifs is 1. The minimum Gasteiger partial charge on any atom is -0.494 e. The van der Waals surface area contributed by atoms with E-state index < -0.39 is 0 Å². The van der Waals surface area contributed by atoms with Crippen LogP contribution in [0.25, 0.3) is 16.7 Å². The maximum atomic E-state index is 12.5. The van der Waals surface area contributed by atoms with E-state index in [1.165, 1.54) is 4.80 Å². The first kappa shape index (κ1) is 20.8. The van der Waals surface area contributed by atoms with Gasteiger partial charge in [-0.25, -0.2) is 0 Å². The van der Waals surface area contributed by atoms with E-state index in [-0.39, 0.29) is 11.0 Å². The zero-order valence-electron chi connectivity index (χ0n) is 16.5. The third kappa shape index (κ3) is 4.82. The van der Waals surface area contributed by atoms with Gasteiger partial charge >= 0.3 is 0 Å². The van der Waals surface area contributed by atoms with Crippen molar-refractivity contribution >= 4 is 51.6 Å². The molecule has 0 saturated carbocycles. The molecule has 0 spiro atoms. The summed E-state index contributed by atoms with van der Waals surface area (Å²) in [6.07, 6.45) is 0. The molecule has 1 heterocycles. The Kier molecular flexibility index (Phi) is 6.11. The smallest absolute Gasteiger partial charge is 0.257 e. The Labute approximate surface area is 189 Å². The van der Waals surface area contributed by atoms with Crippen LogP contribution < -0.4 is 15.4 Å². The SMILES string of the molecule is CCOc1cccc(C(=O)NC(=S)Nc2cc3nn(-c4ccccc4)nc3cc2Cl)c1. The summed E-state index contributed by atoms with van der Waals surface area (Å²) >= 11 is 11.7. The molecule has 156 valence electrons. The Morgan fingerprint density at radius 1 is 1.06 bits per heavy atom. The molecular formula is C22H18ClN5O2S. The summed E-state index contributed by atoms with van der Waals surface area (Å²) in [5.74, 6) is 0.260. The number of aromatic nitrogens is 3. The number of rotatable bonds is 5. The number of thiocarbonyl (C=S) groups is 1. The van der Waals surface area contributed by atoms with Crippen molar-refractivity contribution in [3.63, 3.8) is 0 Å². The fraction of sp³-hybridized carbons (Fsp3) is 0.0909. The van der Waals surface area contributed by atoms with Gasteiger partial charge < -0.3 is 10.1 Å². The quantitative estimate of drug-likeness (QED) is 0.431. The van der Waals surface area contributed by atoms with E-state index in [1.54, 1.807) is 36.4 Å². The third-order valence-corrected chi connectivity index (χ3v) is 4.86. The number of anilines is 1. The lowest BCUT2D eigenvalue weighted by Crippen LogP contribution is -2.34. The number of carbonyl (C=O) groups is 1. The molecule has 0 unspecified atom stereocenters. The number of nitrogens with zero attached hydrogens (tertiary/aromatic N) is 3. The highest BCUT2D eigenvalue weighted by atomic mass is 35.5.